The van der Waals surface area contributed by atoms with E-state index < -0.39 is 5.82 Å². The molecule has 3 aromatic rings. The summed E-state index contributed by atoms with van der Waals surface area (Å²) in [5.74, 6) is -0.295. The zero-order chi connectivity index (χ0) is 21.7. The van der Waals surface area contributed by atoms with Crippen molar-refractivity contribution in [2.45, 2.75) is 65.7 Å². The van der Waals surface area contributed by atoms with Crippen LogP contribution >= 0.6 is 11.6 Å². The zero-order valence-electron chi connectivity index (χ0n) is 18.0. The third-order valence-corrected chi connectivity index (χ3v) is 5.77. The van der Waals surface area contributed by atoms with Crippen LogP contribution in [0.25, 0.3) is 22.3 Å². The molecule has 0 fully saturated rings. The highest BCUT2D eigenvalue weighted by Gasteiger charge is 2.20. The van der Waals surface area contributed by atoms with Crippen LogP contribution in [0.4, 0.5) is 4.39 Å². The van der Waals surface area contributed by atoms with Gasteiger partial charge in [0, 0.05) is 29.6 Å². The molecule has 0 saturated heterocycles. The lowest BCUT2D eigenvalue weighted by atomic mass is 9.96. The van der Waals surface area contributed by atoms with Gasteiger partial charge in [-0.1, -0.05) is 51.6 Å². The van der Waals surface area contributed by atoms with E-state index in [0.29, 0.717) is 33.9 Å². The number of aromatic nitrogens is 4. The van der Waals surface area contributed by atoms with Crippen molar-refractivity contribution >= 4 is 22.6 Å². The fourth-order valence-corrected chi connectivity index (χ4v) is 3.67. The molecule has 3 rings (SSSR count). The highest BCUT2D eigenvalue weighted by molar-refractivity contribution is 6.32. The molecule has 0 N–H and O–H groups in total. The van der Waals surface area contributed by atoms with Crippen molar-refractivity contribution in [1.82, 2.24) is 19.9 Å². The van der Waals surface area contributed by atoms with Crippen molar-refractivity contribution in [3.63, 3.8) is 0 Å². The minimum Gasteiger partial charge on any atom is -0.463 e. The summed E-state index contributed by atoms with van der Waals surface area (Å²) in [4.78, 5) is 17.5. The summed E-state index contributed by atoms with van der Waals surface area (Å²) in [5.41, 5.74) is 3.37. The third-order valence-electron chi connectivity index (χ3n) is 5.29. The van der Waals surface area contributed by atoms with E-state index in [-0.39, 0.29) is 17.6 Å². The molecule has 0 aliphatic rings. The summed E-state index contributed by atoms with van der Waals surface area (Å²) in [7, 11) is 0. The lowest BCUT2D eigenvalue weighted by molar-refractivity contribution is 0.282. The van der Waals surface area contributed by atoms with E-state index in [9.17, 15) is 4.39 Å². The van der Waals surface area contributed by atoms with Crippen LogP contribution in [-0.4, -0.2) is 26.5 Å². The molecule has 3 heterocycles. The van der Waals surface area contributed by atoms with Crippen molar-refractivity contribution in [1.29, 1.82) is 0 Å². The van der Waals surface area contributed by atoms with E-state index in [2.05, 4.69) is 40.7 Å². The van der Waals surface area contributed by atoms with E-state index in [1.54, 1.807) is 0 Å². The Kier molecular flexibility index (Phi) is 7.53. The van der Waals surface area contributed by atoms with Crippen LogP contribution in [0.1, 0.15) is 70.1 Å². The Bertz CT molecular complexity index is 1010. The van der Waals surface area contributed by atoms with Crippen LogP contribution in [0.3, 0.4) is 0 Å². The Labute approximate surface area is 182 Å². The average Bonchev–Trinajstić information content (AvgIpc) is 2.74. The molecule has 5 nitrogen and oxygen atoms in total. The number of ether oxygens (including phenoxy) is 1. The number of nitrogens with zero attached hydrogens (tertiary/aromatic N) is 4. The molecule has 0 aliphatic heterocycles. The monoisotopic (exact) mass is 430 g/mol. The molecule has 1 atom stereocenters. The summed E-state index contributed by atoms with van der Waals surface area (Å²) in [6.45, 7) is 8.74. The predicted octanol–water partition coefficient (Wildman–Crippen LogP) is 6.66. The van der Waals surface area contributed by atoms with Gasteiger partial charge < -0.3 is 4.74 Å². The summed E-state index contributed by atoms with van der Waals surface area (Å²) >= 11 is 6.55. The first-order valence-electron chi connectivity index (χ1n) is 10.6. The lowest BCUT2D eigenvalue weighted by Crippen LogP contribution is -2.04. The van der Waals surface area contributed by atoms with Crippen molar-refractivity contribution < 1.29 is 9.13 Å². The molecule has 0 saturated carbocycles. The predicted molar refractivity (Wildman–Crippen MR) is 119 cm³/mol. The van der Waals surface area contributed by atoms with Gasteiger partial charge in [-0.15, -0.1) is 0 Å². The van der Waals surface area contributed by atoms with Crippen LogP contribution in [0.5, 0.6) is 6.01 Å². The maximum absolute atomic E-state index is 14.9. The van der Waals surface area contributed by atoms with Gasteiger partial charge in [-0.2, -0.15) is 0 Å². The summed E-state index contributed by atoms with van der Waals surface area (Å²) in [6, 6.07) is 1.70. The smallest absolute Gasteiger partial charge is 0.316 e. The summed E-state index contributed by atoms with van der Waals surface area (Å²) < 4.78 is 20.4. The standard InChI is InChI=1S/C23H28ClFN4O/c1-5-7-8-9-10-30-23-26-12-16(13-27-23)21-17(25)11-18-22(29-21)19(14(3)6-2)20(24)15(4)28-18/h11-14H,5-10H2,1-4H3. The molecule has 0 bridgehead atoms. The van der Waals surface area contributed by atoms with Gasteiger partial charge in [0.05, 0.1) is 28.4 Å². The maximum Gasteiger partial charge on any atom is 0.316 e. The zero-order valence-corrected chi connectivity index (χ0v) is 18.8. The Morgan fingerprint density at radius 1 is 1.10 bits per heavy atom. The van der Waals surface area contributed by atoms with E-state index in [1.165, 1.54) is 31.3 Å². The van der Waals surface area contributed by atoms with E-state index in [0.717, 1.165) is 24.8 Å². The first-order valence-corrected chi connectivity index (χ1v) is 10.9. The van der Waals surface area contributed by atoms with Gasteiger partial charge in [0.2, 0.25) is 0 Å². The largest absolute Gasteiger partial charge is 0.463 e. The molecular formula is C23H28ClFN4O. The van der Waals surface area contributed by atoms with Crippen molar-refractivity contribution in [3.05, 3.63) is 40.6 Å². The number of fused-ring (bicyclic) bond motifs is 1. The second kappa shape index (κ2) is 10.1. The number of rotatable bonds is 9. The summed E-state index contributed by atoms with van der Waals surface area (Å²) in [5, 5.41) is 0.588. The normalized spacial score (nSPS) is 12.3. The van der Waals surface area contributed by atoms with Crippen LogP contribution in [0.2, 0.25) is 5.02 Å². The Morgan fingerprint density at radius 2 is 1.83 bits per heavy atom. The number of hydrogen-bond acceptors (Lipinski definition) is 5. The number of aryl methyl sites for hydroxylation is 1. The molecule has 0 aromatic carbocycles. The van der Waals surface area contributed by atoms with E-state index in [1.807, 2.05) is 6.92 Å². The van der Waals surface area contributed by atoms with Gasteiger partial charge in [-0.05, 0) is 25.7 Å². The first-order chi connectivity index (χ1) is 14.5. The fraction of sp³-hybridized carbons (Fsp3) is 0.478. The average molecular weight is 431 g/mol. The fourth-order valence-electron chi connectivity index (χ4n) is 3.35. The third kappa shape index (κ3) is 4.86. The molecule has 0 radical (unpaired) electrons. The molecule has 3 aromatic heterocycles. The Morgan fingerprint density at radius 3 is 2.50 bits per heavy atom. The SMILES string of the molecule is CCCCCCOc1ncc(-c2nc3c(C(C)CC)c(Cl)c(C)nc3cc2F)cn1. The van der Waals surface area contributed by atoms with Crippen molar-refractivity contribution in [3.8, 4) is 17.3 Å². The van der Waals surface area contributed by atoms with Crippen LogP contribution in [0.15, 0.2) is 18.5 Å². The molecule has 7 heteroatoms. The Hall–Kier alpha value is -2.34. The molecular weight excluding hydrogens is 403 g/mol. The van der Waals surface area contributed by atoms with Gasteiger partial charge in [-0.3, -0.25) is 0 Å². The minimum absolute atomic E-state index is 0.173. The second-order valence-corrected chi connectivity index (χ2v) is 7.96. The highest BCUT2D eigenvalue weighted by atomic mass is 35.5. The number of unbranched alkanes of at least 4 members (excludes halogenated alkanes) is 3. The second-order valence-electron chi connectivity index (χ2n) is 7.58. The number of pyridine rings is 2. The van der Waals surface area contributed by atoms with Gasteiger partial charge in [-0.25, -0.2) is 24.3 Å². The number of hydrogen-bond donors (Lipinski definition) is 0. The topological polar surface area (TPSA) is 60.8 Å². The summed E-state index contributed by atoms with van der Waals surface area (Å²) in [6.07, 6.45) is 8.41. The van der Waals surface area contributed by atoms with Crippen LogP contribution in [0, 0.1) is 12.7 Å². The van der Waals surface area contributed by atoms with E-state index >= 15 is 0 Å². The van der Waals surface area contributed by atoms with Gasteiger partial charge in [0.1, 0.15) is 5.69 Å². The minimum atomic E-state index is -0.469. The van der Waals surface area contributed by atoms with Gasteiger partial charge in [0.15, 0.2) is 5.82 Å². The number of halogens is 2. The van der Waals surface area contributed by atoms with Crippen molar-refractivity contribution in [2.75, 3.05) is 6.61 Å². The van der Waals surface area contributed by atoms with E-state index in [4.69, 9.17) is 16.3 Å². The molecule has 0 amide bonds. The lowest BCUT2D eigenvalue weighted by Gasteiger charge is -2.16. The van der Waals surface area contributed by atoms with Crippen LogP contribution in [-0.2, 0) is 0 Å². The molecule has 30 heavy (non-hydrogen) atoms. The molecule has 0 aliphatic carbocycles. The Balaban J connectivity index is 1.92. The molecule has 0 spiro atoms. The molecule has 1 unspecified atom stereocenters. The highest BCUT2D eigenvalue weighted by Crippen LogP contribution is 2.35. The van der Waals surface area contributed by atoms with Gasteiger partial charge in [0.25, 0.3) is 0 Å². The van der Waals surface area contributed by atoms with Crippen molar-refractivity contribution in [2.24, 2.45) is 0 Å². The first kappa shape index (κ1) is 22.3. The van der Waals surface area contributed by atoms with Crippen LogP contribution < -0.4 is 4.74 Å². The maximum atomic E-state index is 14.9. The quantitative estimate of drug-likeness (QED) is 0.355. The van der Waals surface area contributed by atoms with Gasteiger partial charge >= 0.3 is 6.01 Å². The molecule has 160 valence electrons.